The monoisotopic (exact) mass is 189 g/mol. The summed E-state index contributed by atoms with van der Waals surface area (Å²) in [7, 11) is 0. The van der Waals surface area contributed by atoms with Crippen LogP contribution >= 0.6 is 0 Å². The molecule has 2 aromatic heterocycles. The van der Waals surface area contributed by atoms with Crippen molar-refractivity contribution in [3.05, 3.63) is 35.8 Å². The molecule has 2 aromatic rings. The highest BCUT2D eigenvalue weighted by molar-refractivity contribution is 5.42. The van der Waals surface area contributed by atoms with Crippen LogP contribution in [0.5, 0.6) is 0 Å². The van der Waals surface area contributed by atoms with E-state index in [0.29, 0.717) is 0 Å². The van der Waals surface area contributed by atoms with Crippen molar-refractivity contribution < 1.29 is 0 Å². The van der Waals surface area contributed by atoms with E-state index in [0.717, 1.165) is 25.0 Å². The number of hydrogen-bond donors (Lipinski definition) is 1. The molecule has 0 spiro atoms. The van der Waals surface area contributed by atoms with Crippen LogP contribution in [0.3, 0.4) is 0 Å². The molecule has 2 heterocycles. The van der Waals surface area contributed by atoms with E-state index in [4.69, 9.17) is 5.73 Å². The van der Waals surface area contributed by atoms with Crippen molar-refractivity contribution in [2.24, 2.45) is 5.73 Å². The second-order valence-electron chi connectivity index (χ2n) is 3.57. The average Bonchev–Trinajstić information content (AvgIpc) is 2.57. The second kappa shape index (κ2) is 3.80. The van der Waals surface area contributed by atoms with E-state index < -0.39 is 0 Å². The zero-order valence-electron chi connectivity index (χ0n) is 8.40. The summed E-state index contributed by atoms with van der Waals surface area (Å²) in [5, 5.41) is 0. The molecule has 0 unspecified atom stereocenters. The minimum Gasteiger partial charge on any atom is -0.330 e. The van der Waals surface area contributed by atoms with E-state index in [1.807, 2.05) is 6.20 Å². The maximum Gasteiger partial charge on any atom is 0.137 e. The van der Waals surface area contributed by atoms with Crippen molar-refractivity contribution >= 4 is 5.65 Å². The van der Waals surface area contributed by atoms with Crippen molar-refractivity contribution in [1.29, 1.82) is 0 Å². The van der Waals surface area contributed by atoms with Crippen LogP contribution in [0.4, 0.5) is 0 Å². The molecule has 0 aliphatic heterocycles. The summed E-state index contributed by atoms with van der Waals surface area (Å²) in [6, 6.07) is 4.19. The quantitative estimate of drug-likeness (QED) is 0.795. The Hall–Kier alpha value is -1.35. The van der Waals surface area contributed by atoms with Gasteiger partial charge in [0.15, 0.2) is 0 Å². The Morgan fingerprint density at radius 2 is 2.36 bits per heavy atom. The first-order valence-corrected chi connectivity index (χ1v) is 4.94. The molecule has 2 N–H and O–H groups in total. The van der Waals surface area contributed by atoms with E-state index in [9.17, 15) is 0 Å². The molecule has 0 aliphatic carbocycles. The van der Waals surface area contributed by atoms with E-state index in [2.05, 4.69) is 34.6 Å². The van der Waals surface area contributed by atoms with Crippen LogP contribution in [-0.4, -0.2) is 15.9 Å². The molecule has 3 heteroatoms. The summed E-state index contributed by atoms with van der Waals surface area (Å²) in [5.74, 6) is 0. The summed E-state index contributed by atoms with van der Waals surface area (Å²) >= 11 is 0. The summed E-state index contributed by atoms with van der Waals surface area (Å²) in [4.78, 5) is 4.35. The average molecular weight is 189 g/mol. The van der Waals surface area contributed by atoms with Gasteiger partial charge in [0.05, 0.1) is 0 Å². The van der Waals surface area contributed by atoms with E-state index >= 15 is 0 Å². The zero-order chi connectivity index (χ0) is 9.97. The van der Waals surface area contributed by atoms with Crippen LogP contribution in [0.1, 0.15) is 17.7 Å². The Kier molecular flexibility index (Phi) is 2.50. The van der Waals surface area contributed by atoms with Crippen molar-refractivity contribution in [1.82, 2.24) is 9.38 Å². The van der Waals surface area contributed by atoms with Crippen molar-refractivity contribution in [3.63, 3.8) is 0 Å². The molecule has 2 rings (SSSR count). The number of pyridine rings is 1. The maximum absolute atomic E-state index is 5.48. The fourth-order valence-corrected chi connectivity index (χ4v) is 1.60. The van der Waals surface area contributed by atoms with Gasteiger partial charge in [-0.1, -0.05) is 0 Å². The smallest absolute Gasteiger partial charge is 0.137 e. The Morgan fingerprint density at radius 3 is 3.14 bits per heavy atom. The highest BCUT2D eigenvalue weighted by Crippen LogP contribution is 2.10. The third-order valence-corrected chi connectivity index (χ3v) is 2.38. The van der Waals surface area contributed by atoms with Crippen molar-refractivity contribution in [2.75, 3.05) is 6.54 Å². The van der Waals surface area contributed by atoms with Crippen LogP contribution in [0.15, 0.2) is 24.5 Å². The van der Waals surface area contributed by atoms with E-state index in [1.54, 1.807) is 0 Å². The number of rotatable bonds is 3. The fraction of sp³-hybridized carbons (Fsp3) is 0.364. The van der Waals surface area contributed by atoms with Gasteiger partial charge in [0.25, 0.3) is 0 Å². The van der Waals surface area contributed by atoms with Gasteiger partial charge in [-0.3, -0.25) is 0 Å². The topological polar surface area (TPSA) is 43.3 Å². The molecule has 0 saturated carbocycles. The summed E-state index contributed by atoms with van der Waals surface area (Å²) < 4.78 is 2.13. The summed E-state index contributed by atoms with van der Waals surface area (Å²) in [6.07, 6.45) is 6.02. The van der Waals surface area contributed by atoms with Crippen LogP contribution in [0.2, 0.25) is 0 Å². The molecule has 0 radical (unpaired) electrons. The Balaban J connectivity index is 2.37. The first kappa shape index (κ1) is 9.21. The van der Waals surface area contributed by atoms with Crippen LogP contribution in [0, 0.1) is 6.92 Å². The van der Waals surface area contributed by atoms with Gasteiger partial charge in [-0.25, -0.2) is 4.98 Å². The van der Waals surface area contributed by atoms with Gasteiger partial charge >= 0.3 is 0 Å². The fourth-order valence-electron chi connectivity index (χ4n) is 1.60. The third-order valence-electron chi connectivity index (χ3n) is 2.38. The number of fused-ring (bicyclic) bond motifs is 1. The largest absolute Gasteiger partial charge is 0.330 e. The summed E-state index contributed by atoms with van der Waals surface area (Å²) in [5.41, 5.74) is 8.99. The number of nitrogens with two attached hydrogens (primary N) is 1. The number of nitrogens with zero attached hydrogens (tertiary/aromatic N) is 2. The van der Waals surface area contributed by atoms with E-state index in [-0.39, 0.29) is 0 Å². The van der Waals surface area contributed by atoms with Crippen LogP contribution in [0.25, 0.3) is 5.65 Å². The lowest BCUT2D eigenvalue weighted by Gasteiger charge is -2.00. The molecular weight excluding hydrogens is 174 g/mol. The molecule has 74 valence electrons. The Bertz CT molecular complexity index is 431. The first-order chi connectivity index (χ1) is 6.81. The number of aromatic nitrogens is 2. The second-order valence-corrected chi connectivity index (χ2v) is 3.57. The van der Waals surface area contributed by atoms with Crippen LogP contribution < -0.4 is 5.73 Å². The van der Waals surface area contributed by atoms with Crippen molar-refractivity contribution in [2.45, 2.75) is 19.8 Å². The standard InChI is InChI=1S/C11H15N3/c1-9-4-6-14-10(3-2-5-12)8-13-11(14)7-9/h4,6-8H,2-3,5,12H2,1H3. The lowest BCUT2D eigenvalue weighted by molar-refractivity contribution is 0.802. The van der Waals surface area contributed by atoms with E-state index in [1.165, 1.54) is 11.3 Å². The van der Waals surface area contributed by atoms with Gasteiger partial charge < -0.3 is 10.1 Å². The number of hydrogen-bond acceptors (Lipinski definition) is 2. The van der Waals surface area contributed by atoms with Crippen molar-refractivity contribution in [3.8, 4) is 0 Å². The zero-order valence-corrected chi connectivity index (χ0v) is 8.40. The molecular formula is C11H15N3. The highest BCUT2D eigenvalue weighted by Gasteiger charge is 2.01. The van der Waals surface area contributed by atoms with Crippen LogP contribution in [-0.2, 0) is 6.42 Å². The van der Waals surface area contributed by atoms with Gasteiger partial charge in [0.1, 0.15) is 5.65 Å². The molecule has 0 aromatic carbocycles. The molecule has 0 bridgehead atoms. The Labute approximate surface area is 83.6 Å². The molecule has 3 nitrogen and oxygen atoms in total. The van der Waals surface area contributed by atoms with Gasteiger partial charge in [0.2, 0.25) is 0 Å². The molecule has 0 amide bonds. The maximum atomic E-state index is 5.48. The number of aryl methyl sites for hydroxylation is 2. The lowest BCUT2D eigenvalue weighted by Crippen LogP contribution is -2.02. The molecule has 0 aliphatic rings. The minimum atomic E-state index is 0.735. The molecule has 0 fully saturated rings. The first-order valence-electron chi connectivity index (χ1n) is 4.94. The third kappa shape index (κ3) is 1.63. The molecule has 0 saturated heterocycles. The van der Waals surface area contributed by atoms with Gasteiger partial charge in [-0.05, 0) is 44.0 Å². The number of imidazole rings is 1. The predicted octanol–water partition coefficient (Wildman–Crippen LogP) is 1.53. The van der Waals surface area contributed by atoms with Gasteiger partial charge in [-0.2, -0.15) is 0 Å². The minimum absolute atomic E-state index is 0.735. The SMILES string of the molecule is Cc1ccn2c(CCCN)cnc2c1. The summed E-state index contributed by atoms with van der Waals surface area (Å²) in [6.45, 7) is 2.81. The normalized spacial score (nSPS) is 11.0. The molecule has 14 heavy (non-hydrogen) atoms. The lowest BCUT2D eigenvalue weighted by atomic mass is 10.2. The highest BCUT2D eigenvalue weighted by atomic mass is 15.0. The molecule has 0 atom stereocenters. The van der Waals surface area contributed by atoms with Gasteiger partial charge in [-0.15, -0.1) is 0 Å². The predicted molar refractivity (Wildman–Crippen MR) is 57.3 cm³/mol. The van der Waals surface area contributed by atoms with Gasteiger partial charge in [0, 0.05) is 18.1 Å². The Morgan fingerprint density at radius 1 is 1.50 bits per heavy atom.